The molecule has 20 heavy (non-hydrogen) atoms. The second kappa shape index (κ2) is 5.48. The minimum atomic E-state index is -4.44. The lowest BCUT2D eigenvalue weighted by molar-refractivity contribution is -0.137. The molecule has 0 saturated carbocycles. The van der Waals surface area contributed by atoms with Crippen molar-refractivity contribution in [1.82, 2.24) is 0 Å². The molecule has 0 aliphatic rings. The monoisotopic (exact) mass is 343 g/mol. The van der Waals surface area contributed by atoms with Gasteiger partial charge in [0.25, 0.3) is 0 Å². The molecule has 0 spiro atoms. The van der Waals surface area contributed by atoms with Crippen LogP contribution in [0.1, 0.15) is 11.1 Å². The summed E-state index contributed by atoms with van der Waals surface area (Å²) in [6.45, 7) is 1.83. The number of hydrogen-bond donors (Lipinski definition) is 0. The van der Waals surface area contributed by atoms with Gasteiger partial charge in [-0.3, -0.25) is 0 Å². The Morgan fingerprint density at radius 3 is 2.45 bits per heavy atom. The maximum Gasteiger partial charge on any atom is 0.417 e. The van der Waals surface area contributed by atoms with Gasteiger partial charge >= 0.3 is 6.18 Å². The second-order valence-corrected chi connectivity index (χ2v) is 5.16. The van der Waals surface area contributed by atoms with E-state index < -0.39 is 11.7 Å². The van der Waals surface area contributed by atoms with Gasteiger partial charge in [0.05, 0.1) is 12.7 Å². The topological polar surface area (TPSA) is 9.23 Å². The smallest absolute Gasteiger partial charge is 0.417 e. The van der Waals surface area contributed by atoms with Gasteiger partial charge < -0.3 is 4.74 Å². The first-order valence-corrected chi connectivity index (χ1v) is 6.55. The Kier molecular flexibility index (Phi) is 4.09. The molecule has 0 N–H and O–H groups in total. The molecule has 1 nitrogen and oxygen atoms in total. The molecule has 0 aliphatic heterocycles. The molecule has 0 aliphatic carbocycles. The molecule has 1 radical (unpaired) electrons. The highest BCUT2D eigenvalue weighted by Gasteiger charge is 2.34. The Hall–Kier alpha value is -1.49. The van der Waals surface area contributed by atoms with Crippen LogP contribution in [0.15, 0.2) is 34.8 Å². The molecule has 0 saturated heterocycles. The van der Waals surface area contributed by atoms with Crippen LogP contribution < -0.4 is 4.74 Å². The van der Waals surface area contributed by atoms with Crippen LogP contribution in [0.5, 0.6) is 5.75 Å². The predicted molar refractivity (Wildman–Crippen MR) is 74.7 cm³/mol. The molecule has 0 aromatic heterocycles. The van der Waals surface area contributed by atoms with Crippen LogP contribution in [-0.4, -0.2) is 7.11 Å². The highest BCUT2D eigenvalue weighted by Crippen LogP contribution is 2.41. The summed E-state index contributed by atoms with van der Waals surface area (Å²) in [5.74, 6) is 0.265. The van der Waals surface area contributed by atoms with E-state index in [1.54, 1.807) is 12.1 Å². The van der Waals surface area contributed by atoms with E-state index >= 15 is 0 Å². The summed E-state index contributed by atoms with van der Waals surface area (Å²) in [7, 11) is 1.40. The van der Waals surface area contributed by atoms with Crippen molar-refractivity contribution in [2.24, 2.45) is 0 Å². The predicted octanol–water partition coefficient (Wildman–Crippen LogP) is 5.25. The third kappa shape index (κ3) is 2.98. The normalized spacial score (nSPS) is 11.5. The molecule has 0 unspecified atom stereocenters. The Bertz CT molecular complexity index is 636. The van der Waals surface area contributed by atoms with Crippen molar-refractivity contribution in [3.63, 3.8) is 0 Å². The molecular formula is C15H11BrF3O. The average Bonchev–Trinajstić information content (AvgIpc) is 2.39. The average molecular weight is 344 g/mol. The maximum absolute atomic E-state index is 13.1. The van der Waals surface area contributed by atoms with Gasteiger partial charge in [0.2, 0.25) is 0 Å². The summed E-state index contributed by atoms with van der Waals surface area (Å²) < 4.78 is 45.0. The van der Waals surface area contributed by atoms with Gasteiger partial charge in [-0.1, -0.05) is 33.6 Å². The summed E-state index contributed by atoms with van der Waals surface area (Å²) in [6.07, 6.45) is -4.44. The van der Waals surface area contributed by atoms with Gasteiger partial charge in [0.1, 0.15) is 5.75 Å². The molecule has 2 aromatic carbocycles. The minimum Gasteiger partial charge on any atom is -0.496 e. The molecule has 105 valence electrons. The van der Waals surface area contributed by atoms with E-state index in [9.17, 15) is 13.2 Å². The first-order valence-electron chi connectivity index (χ1n) is 5.76. The van der Waals surface area contributed by atoms with Crippen molar-refractivity contribution >= 4 is 15.9 Å². The van der Waals surface area contributed by atoms with E-state index in [-0.39, 0.29) is 11.3 Å². The van der Waals surface area contributed by atoms with Gasteiger partial charge in [0, 0.05) is 10.5 Å². The first-order chi connectivity index (χ1) is 9.32. The third-order valence-electron chi connectivity index (χ3n) is 2.86. The first kappa shape index (κ1) is 14.9. The molecule has 0 amide bonds. The van der Waals surface area contributed by atoms with Crippen molar-refractivity contribution in [2.45, 2.75) is 13.1 Å². The van der Waals surface area contributed by atoms with Crippen LogP contribution in [0.2, 0.25) is 0 Å². The quantitative estimate of drug-likeness (QED) is 0.723. The number of alkyl halides is 3. The van der Waals surface area contributed by atoms with Crippen LogP contribution >= 0.6 is 15.9 Å². The van der Waals surface area contributed by atoms with E-state index in [1.165, 1.54) is 13.2 Å². The summed E-state index contributed by atoms with van der Waals surface area (Å²) in [5, 5.41) is 0. The summed E-state index contributed by atoms with van der Waals surface area (Å²) in [5.41, 5.74) is 0.695. The maximum atomic E-state index is 13.1. The summed E-state index contributed by atoms with van der Waals surface area (Å²) in [4.78, 5) is 0. The zero-order chi connectivity index (χ0) is 14.9. The number of ether oxygens (including phenoxy) is 1. The highest BCUT2D eigenvalue weighted by molar-refractivity contribution is 9.10. The fraction of sp³-hybridized carbons (Fsp3) is 0.200. The van der Waals surface area contributed by atoms with E-state index in [4.69, 9.17) is 4.74 Å². The number of aryl methyl sites for hydroxylation is 1. The molecular weight excluding hydrogens is 333 g/mol. The second-order valence-electron chi connectivity index (χ2n) is 4.31. The van der Waals surface area contributed by atoms with Crippen LogP contribution in [0.3, 0.4) is 0 Å². The number of halogens is 4. The van der Waals surface area contributed by atoms with Crippen LogP contribution in [0.25, 0.3) is 11.1 Å². The van der Waals surface area contributed by atoms with Crippen molar-refractivity contribution in [3.8, 4) is 16.9 Å². The highest BCUT2D eigenvalue weighted by atomic mass is 79.9. The Labute approximate surface area is 123 Å². The lowest BCUT2D eigenvalue weighted by atomic mass is 9.97. The zero-order valence-electron chi connectivity index (χ0n) is 10.8. The van der Waals surface area contributed by atoms with Crippen molar-refractivity contribution in [1.29, 1.82) is 0 Å². The third-order valence-corrected chi connectivity index (χ3v) is 3.55. The Morgan fingerprint density at radius 2 is 1.85 bits per heavy atom. The van der Waals surface area contributed by atoms with Crippen LogP contribution in [0.4, 0.5) is 13.2 Å². The van der Waals surface area contributed by atoms with Gasteiger partial charge in [-0.2, -0.15) is 13.2 Å². The molecule has 0 bridgehead atoms. The number of rotatable bonds is 2. The lowest BCUT2D eigenvalue weighted by Crippen LogP contribution is -2.07. The fourth-order valence-electron chi connectivity index (χ4n) is 1.89. The SMILES string of the molecule is COc1[c]cc(C(F)(F)F)c(-c2cc(C)ccc2Br)c1. The number of benzene rings is 2. The molecule has 2 rings (SSSR count). The van der Waals surface area contributed by atoms with Crippen molar-refractivity contribution in [2.75, 3.05) is 7.11 Å². The van der Waals surface area contributed by atoms with E-state index in [2.05, 4.69) is 22.0 Å². The van der Waals surface area contributed by atoms with Crippen LogP contribution in [0, 0.1) is 13.0 Å². The number of hydrogen-bond acceptors (Lipinski definition) is 1. The van der Waals surface area contributed by atoms with Crippen LogP contribution in [-0.2, 0) is 6.18 Å². The molecule has 2 aromatic rings. The molecule has 0 atom stereocenters. The Balaban J connectivity index is 2.73. The minimum absolute atomic E-state index is 0.0728. The van der Waals surface area contributed by atoms with Gasteiger partial charge in [-0.15, -0.1) is 0 Å². The largest absolute Gasteiger partial charge is 0.496 e. The van der Waals surface area contributed by atoms with Gasteiger partial charge in [-0.05, 0) is 36.2 Å². The fourth-order valence-corrected chi connectivity index (χ4v) is 2.35. The van der Waals surface area contributed by atoms with Gasteiger partial charge in [-0.25, -0.2) is 0 Å². The lowest BCUT2D eigenvalue weighted by Gasteiger charge is -2.15. The van der Waals surface area contributed by atoms with Crippen molar-refractivity contribution in [3.05, 3.63) is 52.0 Å². The van der Waals surface area contributed by atoms with E-state index in [0.717, 1.165) is 11.6 Å². The summed E-state index contributed by atoms with van der Waals surface area (Å²) >= 11 is 3.30. The van der Waals surface area contributed by atoms with Gasteiger partial charge in [0.15, 0.2) is 0 Å². The molecule has 0 heterocycles. The summed E-state index contributed by atoms with van der Waals surface area (Å²) in [6, 6.07) is 10.0. The number of methoxy groups -OCH3 is 1. The Morgan fingerprint density at radius 1 is 1.15 bits per heavy atom. The van der Waals surface area contributed by atoms with Crippen molar-refractivity contribution < 1.29 is 17.9 Å². The molecule has 5 heteroatoms. The molecule has 0 fully saturated rings. The standard InChI is InChI=1S/C15H11BrF3O/c1-9-3-6-14(16)12(7-9)11-8-10(20-2)4-5-13(11)15(17,18)19/h3,5-8H,1-2H3. The van der Waals surface area contributed by atoms with E-state index in [0.29, 0.717) is 10.0 Å². The van der Waals surface area contributed by atoms with E-state index in [1.807, 2.05) is 13.0 Å². The zero-order valence-corrected chi connectivity index (χ0v) is 12.4.